The van der Waals surface area contributed by atoms with Crippen molar-refractivity contribution < 1.29 is 28.7 Å². The molecule has 2 aromatic rings. The minimum Gasteiger partial charge on any atom is -0.379 e. The van der Waals surface area contributed by atoms with Crippen LogP contribution in [0.5, 0.6) is 0 Å². The van der Waals surface area contributed by atoms with Crippen molar-refractivity contribution in [2.75, 3.05) is 26.4 Å². The van der Waals surface area contributed by atoms with Gasteiger partial charge in [-0.1, -0.05) is 41.5 Å². The van der Waals surface area contributed by atoms with Crippen LogP contribution in [0.2, 0.25) is 0 Å². The first-order chi connectivity index (χ1) is 18.5. The lowest BCUT2D eigenvalue weighted by Crippen LogP contribution is -2.42. The molecule has 1 amide bonds. The fourth-order valence-corrected chi connectivity index (χ4v) is 3.48. The summed E-state index contributed by atoms with van der Waals surface area (Å²) in [6, 6.07) is 6.32. The maximum Gasteiger partial charge on any atom is 0.253 e. The number of hydrogen-bond acceptors (Lipinski definition) is 8. The lowest BCUT2D eigenvalue weighted by molar-refractivity contribution is -0.123. The highest BCUT2D eigenvalue weighted by molar-refractivity contribution is 5.97. The molecule has 2 heterocycles. The first-order valence-electron chi connectivity index (χ1n) is 13.5. The number of carbonyl (C=O) groups excluding carboxylic acids is 4. The Morgan fingerprint density at radius 2 is 1.15 bits per heavy atom. The van der Waals surface area contributed by atoms with Crippen molar-refractivity contribution >= 4 is 23.3 Å². The van der Waals surface area contributed by atoms with E-state index >= 15 is 0 Å². The number of carbonyl (C=O) groups is 4. The normalized spacial score (nSPS) is 11.4. The van der Waals surface area contributed by atoms with Gasteiger partial charge in [0, 0.05) is 48.6 Å². The molecule has 0 aromatic carbocycles. The average Bonchev–Trinajstić information content (AvgIpc) is 2.92. The van der Waals surface area contributed by atoms with Gasteiger partial charge < -0.3 is 14.8 Å². The first-order valence-corrected chi connectivity index (χ1v) is 13.5. The molecule has 9 nitrogen and oxygen atoms in total. The minimum atomic E-state index is -0.479. The molecular weight excluding hydrogens is 498 g/mol. The van der Waals surface area contributed by atoms with Crippen LogP contribution in [0, 0.1) is 17.8 Å². The average molecular weight is 540 g/mol. The molecule has 2 rings (SSSR count). The monoisotopic (exact) mass is 539 g/mol. The molecular formula is C30H41N3O6. The van der Waals surface area contributed by atoms with E-state index in [1.165, 1.54) is 12.4 Å². The maximum atomic E-state index is 12.9. The third-order valence-corrected chi connectivity index (χ3v) is 6.11. The first kappa shape index (κ1) is 31.9. The van der Waals surface area contributed by atoms with Gasteiger partial charge >= 0.3 is 0 Å². The molecule has 0 saturated heterocycles. The van der Waals surface area contributed by atoms with E-state index < -0.39 is 6.04 Å². The van der Waals surface area contributed by atoms with Gasteiger partial charge in [-0.3, -0.25) is 29.1 Å². The summed E-state index contributed by atoms with van der Waals surface area (Å²) in [4.78, 5) is 57.5. The van der Waals surface area contributed by atoms with Crippen LogP contribution in [-0.2, 0) is 19.1 Å². The second-order valence-corrected chi connectivity index (χ2v) is 10.4. The van der Waals surface area contributed by atoms with Gasteiger partial charge in [-0.2, -0.15) is 0 Å². The number of aromatic nitrogens is 2. The lowest BCUT2D eigenvalue weighted by Gasteiger charge is -2.19. The van der Waals surface area contributed by atoms with Crippen molar-refractivity contribution in [2.45, 2.75) is 60.4 Å². The van der Waals surface area contributed by atoms with Crippen LogP contribution in [0.3, 0.4) is 0 Å². The van der Waals surface area contributed by atoms with Gasteiger partial charge in [0.15, 0.2) is 5.78 Å². The van der Waals surface area contributed by atoms with E-state index in [9.17, 15) is 19.2 Å². The molecule has 9 heteroatoms. The van der Waals surface area contributed by atoms with Gasteiger partial charge in [0.2, 0.25) is 0 Å². The van der Waals surface area contributed by atoms with Gasteiger partial charge in [-0.05, 0) is 24.3 Å². The van der Waals surface area contributed by atoms with Gasteiger partial charge in [-0.25, -0.2) is 0 Å². The summed E-state index contributed by atoms with van der Waals surface area (Å²) in [6.07, 6.45) is 3.59. The second-order valence-electron chi connectivity index (χ2n) is 10.4. The van der Waals surface area contributed by atoms with Crippen molar-refractivity contribution in [2.24, 2.45) is 17.8 Å². The molecule has 0 bridgehead atoms. The van der Waals surface area contributed by atoms with E-state index in [1.807, 2.05) is 41.5 Å². The summed E-state index contributed by atoms with van der Waals surface area (Å²) < 4.78 is 11.3. The predicted octanol–water partition coefficient (Wildman–Crippen LogP) is 4.34. The number of ketones is 3. The zero-order valence-corrected chi connectivity index (χ0v) is 23.9. The molecule has 0 spiro atoms. The Labute approximate surface area is 231 Å². The second kappa shape index (κ2) is 16.0. The molecule has 0 fully saturated rings. The van der Waals surface area contributed by atoms with Crippen molar-refractivity contribution in [1.82, 2.24) is 15.3 Å². The summed E-state index contributed by atoms with van der Waals surface area (Å²) >= 11 is 0. The maximum absolute atomic E-state index is 12.9. The van der Waals surface area contributed by atoms with E-state index in [2.05, 4.69) is 15.3 Å². The highest BCUT2D eigenvalue weighted by atomic mass is 16.5. The number of Topliss-reactive ketones (excluding diaryl/α,β-unsaturated/α-hetero) is 3. The summed E-state index contributed by atoms with van der Waals surface area (Å²) in [5.74, 6) is -0.336. The van der Waals surface area contributed by atoms with Gasteiger partial charge in [-0.15, -0.1) is 0 Å². The fraction of sp³-hybridized carbons (Fsp3) is 0.533. The molecule has 1 N–H and O–H groups in total. The molecule has 0 unspecified atom stereocenters. The van der Waals surface area contributed by atoms with Gasteiger partial charge in [0.1, 0.15) is 11.6 Å². The summed E-state index contributed by atoms with van der Waals surface area (Å²) in [5, 5.41) is 2.89. The van der Waals surface area contributed by atoms with E-state index in [-0.39, 0.29) is 67.4 Å². The van der Waals surface area contributed by atoms with Crippen LogP contribution in [0.15, 0.2) is 36.7 Å². The number of hydrogen-bond donors (Lipinski definition) is 1. The highest BCUT2D eigenvalue weighted by Gasteiger charge is 2.17. The largest absolute Gasteiger partial charge is 0.379 e. The number of amides is 1. The molecule has 0 aliphatic heterocycles. The molecule has 0 saturated carbocycles. The van der Waals surface area contributed by atoms with Crippen LogP contribution in [0.25, 0.3) is 11.4 Å². The van der Waals surface area contributed by atoms with E-state index in [0.29, 0.717) is 35.4 Å². The SMILES string of the molecule is CC(C)C(=O)CCOCC(COCCC(=O)C(C)C)NC(=O)c1ccc(-c2ccc(C(=O)C(C)C)cn2)nc1. The highest BCUT2D eigenvalue weighted by Crippen LogP contribution is 2.16. The Hall–Kier alpha value is -3.30. The van der Waals surface area contributed by atoms with E-state index in [1.54, 1.807) is 24.3 Å². The lowest BCUT2D eigenvalue weighted by atomic mass is 10.0. The summed E-state index contributed by atoms with van der Waals surface area (Å²) in [7, 11) is 0. The fourth-order valence-electron chi connectivity index (χ4n) is 3.48. The topological polar surface area (TPSA) is 125 Å². The number of ether oxygens (including phenoxy) is 2. The number of nitrogens with zero attached hydrogens (tertiary/aromatic N) is 2. The Balaban J connectivity index is 1.99. The Bertz CT molecular complexity index is 1070. The van der Waals surface area contributed by atoms with Crippen molar-refractivity contribution in [3.63, 3.8) is 0 Å². The Kier molecular flexibility index (Phi) is 13.1. The van der Waals surface area contributed by atoms with Crippen molar-refractivity contribution in [3.8, 4) is 11.4 Å². The van der Waals surface area contributed by atoms with Crippen LogP contribution >= 0.6 is 0 Å². The minimum absolute atomic E-state index is 0.0228. The Morgan fingerprint density at radius 1 is 0.692 bits per heavy atom. The summed E-state index contributed by atoms with van der Waals surface area (Å²) in [5.41, 5.74) is 2.06. The van der Waals surface area contributed by atoms with Crippen LogP contribution < -0.4 is 5.32 Å². The van der Waals surface area contributed by atoms with E-state index in [0.717, 1.165) is 0 Å². The van der Waals surface area contributed by atoms with E-state index in [4.69, 9.17) is 9.47 Å². The zero-order chi connectivity index (χ0) is 28.9. The number of rotatable bonds is 17. The standard InChI is InChI=1S/C30H41N3O6/c1-19(2)27(34)11-13-38-17-24(18-39-14-12-28(35)20(3)4)33-30(37)23-8-10-26(32-16-23)25-9-7-22(15-31-25)29(36)21(5)6/h7-10,15-16,19-21,24H,11-14,17-18H2,1-6H3,(H,33,37). The quantitative estimate of drug-likeness (QED) is 0.232. The molecule has 0 aliphatic rings. The third kappa shape index (κ3) is 10.8. The van der Waals surface area contributed by atoms with Gasteiger partial charge in [0.05, 0.1) is 49.4 Å². The van der Waals surface area contributed by atoms with Crippen LogP contribution in [0.1, 0.15) is 75.1 Å². The molecule has 0 atom stereocenters. The third-order valence-electron chi connectivity index (χ3n) is 6.11. The van der Waals surface area contributed by atoms with Crippen molar-refractivity contribution in [3.05, 3.63) is 47.8 Å². The zero-order valence-electron chi connectivity index (χ0n) is 23.9. The van der Waals surface area contributed by atoms with Gasteiger partial charge in [0.25, 0.3) is 5.91 Å². The number of pyridine rings is 2. The summed E-state index contributed by atoms with van der Waals surface area (Å²) in [6.45, 7) is 11.9. The smallest absolute Gasteiger partial charge is 0.253 e. The molecule has 2 aromatic heterocycles. The van der Waals surface area contributed by atoms with Crippen LogP contribution in [-0.4, -0.2) is 65.7 Å². The molecule has 212 valence electrons. The molecule has 0 radical (unpaired) electrons. The van der Waals surface area contributed by atoms with Crippen molar-refractivity contribution in [1.29, 1.82) is 0 Å². The Morgan fingerprint density at radius 3 is 1.54 bits per heavy atom. The molecule has 0 aliphatic carbocycles. The number of nitrogens with one attached hydrogen (secondary N) is 1. The predicted molar refractivity (Wildman–Crippen MR) is 148 cm³/mol. The molecule has 39 heavy (non-hydrogen) atoms. The van der Waals surface area contributed by atoms with Crippen LogP contribution in [0.4, 0.5) is 0 Å².